The van der Waals surface area contributed by atoms with Gasteiger partial charge in [-0.25, -0.2) is 8.42 Å². The molecule has 3 aromatic rings. The number of rotatable bonds is 9. The molecule has 1 N–H and O–H groups in total. The zero-order valence-corrected chi connectivity index (χ0v) is 27.3. The number of likely N-dealkylation sites (tertiary alicyclic amines) is 1. The van der Waals surface area contributed by atoms with Crippen molar-refractivity contribution in [3.63, 3.8) is 0 Å². The number of sulfonamides is 1. The normalized spacial score (nSPS) is 21.9. The molecule has 6 rings (SSSR count). The lowest BCUT2D eigenvalue weighted by molar-refractivity contribution is -0.122. The number of carbonyl (C=O) groups excluding carboxylic acids is 1. The highest BCUT2D eigenvalue weighted by molar-refractivity contribution is 7.92. The van der Waals surface area contributed by atoms with Crippen molar-refractivity contribution < 1.29 is 17.9 Å². The quantitative estimate of drug-likeness (QED) is 0.259. The molecule has 1 unspecified atom stereocenters. The largest absolute Gasteiger partial charge is 0.496 e. The zero-order valence-electron chi connectivity index (χ0n) is 25.0. The van der Waals surface area contributed by atoms with Crippen LogP contribution in [0.15, 0.2) is 65.6 Å². The van der Waals surface area contributed by atoms with E-state index < -0.39 is 16.1 Å². The van der Waals surface area contributed by atoms with Crippen molar-refractivity contribution in [3.8, 4) is 16.9 Å². The summed E-state index contributed by atoms with van der Waals surface area (Å²) in [6.07, 6.45) is 7.91. The molecule has 0 bridgehead atoms. The van der Waals surface area contributed by atoms with Crippen LogP contribution in [0.2, 0.25) is 10.0 Å². The van der Waals surface area contributed by atoms with Gasteiger partial charge in [-0.2, -0.15) is 0 Å². The van der Waals surface area contributed by atoms with Crippen LogP contribution in [-0.4, -0.2) is 52.0 Å². The lowest BCUT2D eigenvalue weighted by atomic mass is 9.83. The van der Waals surface area contributed by atoms with Crippen molar-refractivity contribution in [3.05, 3.63) is 76.3 Å². The van der Waals surface area contributed by atoms with Gasteiger partial charge in [-0.15, -0.1) is 0 Å². The standard InChI is InChI=1S/C34H39Cl2N3O4S/c1-43-32-10-6-8-27-31(22-33(40)37-24-13-11-23(12-14-24)17-20-38-18-4-5-19-38)39(30-9-3-2-7-26(30)34(27)32)44(41,42)25-15-16-28(35)29(36)21-25/h2-3,6-10,15-16,21,23-24,31H,4-5,11-14,17-20,22H2,1H3,(H,37,40). The van der Waals surface area contributed by atoms with Gasteiger partial charge >= 0.3 is 0 Å². The van der Waals surface area contributed by atoms with Gasteiger partial charge in [-0.1, -0.05) is 53.5 Å². The van der Waals surface area contributed by atoms with Crippen LogP contribution in [0.3, 0.4) is 0 Å². The maximum Gasteiger partial charge on any atom is 0.264 e. The summed E-state index contributed by atoms with van der Waals surface area (Å²) in [7, 11) is -2.56. The molecule has 1 aliphatic carbocycles. The Morgan fingerprint density at radius 2 is 1.70 bits per heavy atom. The molecule has 0 spiro atoms. The van der Waals surface area contributed by atoms with Crippen molar-refractivity contribution in [2.45, 2.75) is 68.3 Å². The van der Waals surface area contributed by atoms with Crippen LogP contribution in [0.25, 0.3) is 11.1 Å². The Labute approximate surface area is 270 Å². The molecule has 44 heavy (non-hydrogen) atoms. The zero-order chi connectivity index (χ0) is 30.8. The summed E-state index contributed by atoms with van der Waals surface area (Å²) < 4.78 is 35.9. The van der Waals surface area contributed by atoms with Crippen LogP contribution in [0, 0.1) is 5.92 Å². The summed E-state index contributed by atoms with van der Waals surface area (Å²) in [5.74, 6) is 1.15. The smallest absolute Gasteiger partial charge is 0.264 e. The average Bonchev–Trinajstić information content (AvgIpc) is 3.55. The minimum Gasteiger partial charge on any atom is -0.496 e. The number of benzene rings is 3. The van der Waals surface area contributed by atoms with Gasteiger partial charge in [0.1, 0.15) is 5.75 Å². The minimum atomic E-state index is -4.16. The van der Waals surface area contributed by atoms with Crippen molar-refractivity contribution in [1.82, 2.24) is 10.2 Å². The summed E-state index contributed by atoms with van der Waals surface area (Å²) >= 11 is 12.4. The predicted octanol–water partition coefficient (Wildman–Crippen LogP) is 7.47. The molecule has 3 aliphatic rings. The number of amides is 1. The van der Waals surface area contributed by atoms with E-state index in [2.05, 4.69) is 10.2 Å². The molecule has 234 valence electrons. The number of nitrogens with zero attached hydrogens (tertiary/aromatic N) is 2. The number of halogens is 2. The van der Waals surface area contributed by atoms with E-state index in [0.717, 1.165) is 31.2 Å². The molecular weight excluding hydrogens is 617 g/mol. The molecule has 0 radical (unpaired) electrons. The third-order valence-electron chi connectivity index (χ3n) is 9.42. The van der Waals surface area contributed by atoms with E-state index in [4.69, 9.17) is 27.9 Å². The van der Waals surface area contributed by atoms with E-state index in [1.807, 2.05) is 30.3 Å². The van der Waals surface area contributed by atoms with Crippen molar-refractivity contribution >= 4 is 44.8 Å². The van der Waals surface area contributed by atoms with Gasteiger partial charge < -0.3 is 15.0 Å². The highest BCUT2D eigenvalue weighted by Gasteiger charge is 2.41. The maximum atomic E-state index is 14.4. The van der Waals surface area contributed by atoms with E-state index in [1.54, 1.807) is 19.2 Å². The first-order chi connectivity index (χ1) is 21.3. The molecular formula is C34H39Cl2N3O4S. The molecule has 3 aromatic carbocycles. The first-order valence-electron chi connectivity index (χ1n) is 15.5. The van der Waals surface area contributed by atoms with Crippen LogP contribution in [0.1, 0.15) is 63.0 Å². The molecule has 1 saturated carbocycles. The Kier molecular flexibility index (Phi) is 9.43. The topological polar surface area (TPSA) is 78.9 Å². The van der Waals surface area contributed by atoms with E-state index in [9.17, 15) is 13.2 Å². The first-order valence-corrected chi connectivity index (χ1v) is 17.7. The third-order valence-corrected chi connectivity index (χ3v) is 12.0. The fourth-order valence-corrected chi connectivity index (χ4v) is 9.16. The molecule has 7 nitrogen and oxygen atoms in total. The van der Waals surface area contributed by atoms with E-state index in [-0.39, 0.29) is 33.3 Å². The second kappa shape index (κ2) is 13.3. The van der Waals surface area contributed by atoms with E-state index in [0.29, 0.717) is 28.5 Å². The average molecular weight is 657 g/mol. The Bertz CT molecular complexity index is 1620. The number of methoxy groups -OCH3 is 1. The number of fused-ring (bicyclic) bond motifs is 3. The second-order valence-corrected chi connectivity index (χ2v) is 14.8. The Morgan fingerprint density at radius 1 is 0.955 bits per heavy atom. The fraction of sp³-hybridized carbons (Fsp3) is 0.441. The lowest BCUT2D eigenvalue weighted by Crippen LogP contribution is -2.43. The van der Waals surface area contributed by atoms with Crippen LogP contribution in [-0.2, 0) is 14.8 Å². The van der Waals surface area contributed by atoms with Gasteiger partial charge in [0.15, 0.2) is 0 Å². The van der Waals surface area contributed by atoms with Gasteiger partial charge in [0, 0.05) is 17.2 Å². The molecule has 10 heteroatoms. The van der Waals surface area contributed by atoms with Crippen LogP contribution in [0.4, 0.5) is 5.69 Å². The first kappa shape index (κ1) is 31.2. The second-order valence-electron chi connectivity index (χ2n) is 12.2. The third kappa shape index (κ3) is 6.32. The predicted molar refractivity (Wildman–Crippen MR) is 176 cm³/mol. The van der Waals surface area contributed by atoms with Crippen LogP contribution >= 0.6 is 23.2 Å². The number of carbonyl (C=O) groups is 1. The molecule has 0 aromatic heterocycles. The SMILES string of the molecule is COc1cccc2c1-c1ccccc1N(S(=O)(=O)c1ccc(Cl)c(Cl)c1)C2CC(=O)NC1CCC(CCN2CCCC2)CC1. The molecule has 1 atom stereocenters. The Hall–Kier alpha value is -2.78. The van der Waals surface area contributed by atoms with Gasteiger partial charge in [-0.05, 0) is 106 Å². The van der Waals surface area contributed by atoms with Gasteiger partial charge in [0.2, 0.25) is 5.91 Å². The summed E-state index contributed by atoms with van der Waals surface area (Å²) in [4.78, 5) is 16.3. The number of ether oxygens (including phenoxy) is 1. The fourth-order valence-electron chi connectivity index (χ4n) is 7.13. The number of anilines is 1. The van der Waals surface area contributed by atoms with Crippen molar-refractivity contribution in [1.29, 1.82) is 0 Å². The summed E-state index contributed by atoms with van der Waals surface area (Å²) in [5.41, 5.74) is 2.70. The van der Waals surface area contributed by atoms with Gasteiger partial charge in [-0.3, -0.25) is 9.10 Å². The molecule has 2 heterocycles. The Balaban J connectivity index is 1.26. The maximum absolute atomic E-state index is 14.4. The molecule has 2 fully saturated rings. The van der Waals surface area contributed by atoms with E-state index in [1.165, 1.54) is 61.4 Å². The number of hydrogen-bond donors (Lipinski definition) is 1. The van der Waals surface area contributed by atoms with Gasteiger partial charge in [0.05, 0.1) is 40.2 Å². The molecule has 1 saturated heterocycles. The summed E-state index contributed by atoms with van der Waals surface area (Å²) in [6.45, 7) is 3.63. The number of nitrogens with one attached hydrogen (secondary N) is 1. The Morgan fingerprint density at radius 3 is 2.43 bits per heavy atom. The van der Waals surface area contributed by atoms with Crippen molar-refractivity contribution in [2.24, 2.45) is 5.92 Å². The monoisotopic (exact) mass is 655 g/mol. The van der Waals surface area contributed by atoms with Crippen LogP contribution < -0.4 is 14.4 Å². The minimum absolute atomic E-state index is 0.00529. The molecule has 1 amide bonds. The van der Waals surface area contributed by atoms with E-state index >= 15 is 0 Å². The molecule has 2 aliphatic heterocycles. The lowest BCUT2D eigenvalue weighted by Gasteiger charge is -2.39. The van der Waals surface area contributed by atoms with Crippen LogP contribution in [0.5, 0.6) is 5.75 Å². The van der Waals surface area contributed by atoms with Gasteiger partial charge in [0.25, 0.3) is 10.0 Å². The highest BCUT2D eigenvalue weighted by Crippen LogP contribution is 2.51. The number of hydrogen-bond acceptors (Lipinski definition) is 5. The van der Waals surface area contributed by atoms with Crippen molar-refractivity contribution in [2.75, 3.05) is 31.0 Å². The highest BCUT2D eigenvalue weighted by atomic mass is 35.5. The number of para-hydroxylation sites is 1. The summed E-state index contributed by atoms with van der Waals surface area (Å²) in [5, 5.41) is 3.66. The summed E-state index contributed by atoms with van der Waals surface area (Å²) in [6, 6.07) is 16.5.